The average Bonchev–Trinajstić information content (AvgIpc) is 0.789. The van der Waals surface area contributed by atoms with E-state index in [1.807, 2.05) is 6.08 Å². The van der Waals surface area contributed by atoms with Crippen molar-refractivity contribution >= 4 is 5.91 Å². The van der Waals surface area contributed by atoms with Gasteiger partial charge in [-0.15, -0.1) is 0 Å². The Kier molecular flexibility index (Phi) is 68.0. The molecule has 2 aliphatic heterocycles. The molecule has 0 radical (unpaired) electrons. The SMILES string of the molecule is CC/C=C\C/C=C\C/C=C\C/C=C\C/C=C\C/C=C\C/C=C\CCCCCCCCCCCCCCCCCCCC(=O)NC(COC1OC(CO)C(OC2OC(CO)C(O)C(O)C2O)C(O)C1O)C(O)/C=C/CC/C=C/CC/C=C/CCCCCCCCCCCCCCCCCCCCCCCC. The Labute approximate surface area is 641 Å². The second-order valence-corrected chi connectivity index (χ2v) is 29.9. The second-order valence-electron chi connectivity index (χ2n) is 29.9. The Balaban J connectivity index is 1.61. The first-order chi connectivity index (χ1) is 51.6. The number of allylic oxidation sites excluding steroid dienone is 19. The largest absolute Gasteiger partial charge is 0.394 e. The summed E-state index contributed by atoms with van der Waals surface area (Å²) >= 11 is 0. The van der Waals surface area contributed by atoms with E-state index < -0.39 is 86.8 Å². The highest BCUT2D eigenvalue weighted by Crippen LogP contribution is 2.30. The first kappa shape index (κ1) is 97.5. The van der Waals surface area contributed by atoms with E-state index in [9.17, 15) is 45.6 Å². The van der Waals surface area contributed by atoms with Gasteiger partial charge in [-0.2, -0.15) is 0 Å². The Morgan fingerprint density at radius 2 is 0.667 bits per heavy atom. The smallest absolute Gasteiger partial charge is 0.220 e. The Bertz CT molecular complexity index is 2240. The lowest BCUT2D eigenvalue weighted by Gasteiger charge is -2.46. The molecule has 1 amide bonds. The van der Waals surface area contributed by atoms with Crippen LogP contribution in [0.1, 0.15) is 354 Å². The van der Waals surface area contributed by atoms with Crippen LogP contribution in [0.25, 0.3) is 0 Å². The highest BCUT2D eigenvalue weighted by atomic mass is 16.7. The quantitative estimate of drug-likeness (QED) is 0.0204. The molecule has 0 spiro atoms. The third-order valence-electron chi connectivity index (χ3n) is 20.4. The molecular formula is C91H159NO13. The summed E-state index contributed by atoms with van der Waals surface area (Å²) in [7, 11) is 0. The summed E-state index contributed by atoms with van der Waals surface area (Å²) in [6.45, 7) is 2.70. The lowest BCUT2D eigenvalue weighted by atomic mass is 9.97. The highest BCUT2D eigenvalue weighted by Gasteiger charge is 2.51. The number of ether oxygens (including phenoxy) is 4. The molecule has 105 heavy (non-hydrogen) atoms. The van der Waals surface area contributed by atoms with Gasteiger partial charge in [0.25, 0.3) is 0 Å². The van der Waals surface area contributed by atoms with Crippen molar-refractivity contribution in [2.75, 3.05) is 19.8 Å². The maximum atomic E-state index is 13.4. The molecule has 2 rings (SSSR count). The van der Waals surface area contributed by atoms with E-state index in [1.54, 1.807) is 6.08 Å². The van der Waals surface area contributed by atoms with Crippen molar-refractivity contribution in [2.45, 2.75) is 428 Å². The number of aliphatic hydroxyl groups excluding tert-OH is 8. The lowest BCUT2D eigenvalue weighted by molar-refractivity contribution is -0.359. The minimum absolute atomic E-state index is 0.252. The van der Waals surface area contributed by atoms with Gasteiger partial charge >= 0.3 is 0 Å². The lowest BCUT2D eigenvalue weighted by Crippen LogP contribution is -2.65. The number of unbranched alkanes of at least 4 members (excludes halogenated alkanes) is 41. The summed E-state index contributed by atoms with van der Waals surface area (Å²) in [6.07, 6.45) is 91.6. The van der Waals surface area contributed by atoms with Crippen LogP contribution in [-0.2, 0) is 23.7 Å². The molecule has 2 aliphatic rings. The number of hydrogen-bond acceptors (Lipinski definition) is 13. The van der Waals surface area contributed by atoms with Crippen molar-refractivity contribution in [1.82, 2.24) is 5.32 Å². The predicted molar refractivity (Wildman–Crippen MR) is 438 cm³/mol. The zero-order valence-electron chi connectivity index (χ0n) is 66.7. The summed E-state index contributed by atoms with van der Waals surface area (Å²) < 4.78 is 22.9. The van der Waals surface area contributed by atoms with Gasteiger partial charge in [0.2, 0.25) is 5.91 Å². The van der Waals surface area contributed by atoms with Crippen LogP contribution in [-0.4, -0.2) is 140 Å². The zero-order chi connectivity index (χ0) is 75.8. The fraction of sp³-hybridized carbons (Fsp3) is 0.769. The van der Waals surface area contributed by atoms with Gasteiger partial charge < -0.3 is 65.1 Å². The van der Waals surface area contributed by atoms with E-state index in [0.29, 0.717) is 12.8 Å². The number of carbonyl (C=O) groups is 1. The summed E-state index contributed by atoms with van der Waals surface area (Å²) in [4.78, 5) is 13.4. The zero-order valence-corrected chi connectivity index (χ0v) is 66.7. The van der Waals surface area contributed by atoms with Crippen molar-refractivity contribution in [3.8, 4) is 0 Å². The van der Waals surface area contributed by atoms with Crippen LogP contribution in [0.5, 0.6) is 0 Å². The molecule has 2 fully saturated rings. The van der Waals surface area contributed by atoms with Gasteiger partial charge in [0.15, 0.2) is 12.6 Å². The molecule has 12 atom stereocenters. The van der Waals surface area contributed by atoms with Crippen LogP contribution in [0.3, 0.4) is 0 Å². The molecule has 0 aromatic carbocycles. The molecule has 0 aromatic heterocycles. The Hall–Kier alpha value is -3.61. The molecule has 12 unspecified atom stereocenters. The van der Waals surface area contributed by atoms with E-state index in [-0.39, 0.29) is 18.9 Å². The van der Waals surface area contributed by atoms with Crippen molar-refractivity contribution in [2.24, 2.45) is 0 Å². The minimum atomic E-state index is -1.80. The topological polar surface area (TPSA) is 228 Å². The molecule has 14 heteroatoms. The number of hydrogen-bond donors (Lipinski definition) is 9. The minimum Gasteiger partial charge on any atom is -0.394 e. The summed E-state index contributed by atoms with van der Waals surface area (Å²) in [5.41, 5.74) is 0. The van der Waals surface area contributed by atoms with Crippen LogP contribution in [0, 0.1) is 0 Å². The number of carbonyl (C=O) groups excluding carboxylic acids is 1. The average molecular weight is 1480 g/mol. The van der Waals surface area contributed by atoms with Gasteiger partial charge in [0.1, 0.15) is 48.8 Å². The van der Waals surface area contributed by atoms with Crippen molar-refractivity contribution < 1.29 is 64.6 Å². The molecule has 2 saturated heterocycles. The van der Waals surface area contributed by atoms with Gasteiger partial charge in [0, 0.05) is 6.42 Å². The molecule has 0 aromatic rings. The summed E-state index contributed by atoms with van der Waals surface area (Å²) in [6, 6.07) is -0.946. The first-order valence-electron chi connectivity index (χ1n) is 43.3. The molecule has 0 aliphatic carbocycles. The van der Waals surface area contributed by atoms with E-state index in [0.717, 1.165) is 89.9 Å². The highest BCUT2D eigenvalue weighted by molar-refractivity contribution is 5.76. The van der Waals surface area contributed by atoms with Gasteiger partial charge in [-0.05, 0) is 103 Å². The van der Waals surface area contributed by atoms with Crippen molar-refractivity contribution in [3.63, 3.8) is 0 Å². The van der Waals surface area contributed by atoms with Gasteiger partial charge in [0.05, 0.1) is 32.0 Å². The second kappa shape index (κ2) is 73.2. The third kappa shape index (κ3) is 55.4. The van der Waals surface area contributed by atoms with Crippen LogP contribution < -0.4 is 5.32 Å². The molecule has 14 nitrogen and oxygen atoms in total. The predicted octanol–water partition coefficient (Wildman–Crippen LogP) is 20.7. The van der Waals surface area contributed by atoms with Gasteiger partial charge in [-0.1, -0.05) is 367 Å². The fourth-order valence-electron chi connectivity index (χ4n) is 13.6. The van der Waals surface area contributed by atoms with Crippen LogP contribution in [0.4, 0.5) is 0 Å². The summed E-state index contributed by atoms with van der Waals surface area (Å²) in [5.74, 6) is -0.252. The Morgan fingerprint density at radius 1 is 0.352 bits per heavy atom. The number of nitrogens with one attached hydrogen (secondary N) is 1. The monoisotopic (exact) mass is 1470 g/mol. The van der Waals surface area contributed by atoms with Gasteiger partial charge in [-0.3, -0.25) is 4.79 Å². The third-order valence-corrected chi connectivity index (χ3v) is 20.4. The standard InChI is InChI=1S/C91H159NO13/c1-3-5-7-9-11-13-15-17-19-21-23-25-27-29-31-33-35-37-38-39-40-41-42-43-45-47-49-51-53-55-57-59-61-63-65-67-69-71-73-75-83(96)92-79(78-102-90-88(101)86(99)89(82(77-94)104-90)105-91-87(100)85(98)84(97)81(76-93)103-91)80(95)74-72-70-68-66-64-62-60-58-56-54-52-50-48-46-44-36-34-32-30-28-26-24-22-20-18-16-14-12-10-8-6-4-2/h5,7,11,13,17,19,23,25,29,31,35,37,39-40,56,58,64,66,72,74,79-82,84-91,93-95,97-101H,3-4,6,8-10,12,14-16,18,20-22,24,26-28,30,32-34,36,38,41-55,57,59-63,65,67-71,73,75-78H2,1-2H3,(H,92,96)/b7-5-,13-11-,19-17-,25-23-,31-29-,37-35-,40-39-,58-56+,66-64+,74-72+. The first-order valence-corrected chi connectivity index (χ1v) is 43.3. The van der Waals surface area contributed by atoms with Crippen LogP contribution >= 0.6 is 0 Å². The molecule has 0 bridgehead atoms. The van der Waals surface area contributed by atoms with E-state index >= 15 is 0 Å². The fourth-order valence-corrected chi connectivity index (χ4v) is 13.6. The summed E-state index contributed by atoms with van der Waals surface area (Å²) in [5, 5.41) is 87.8. The number of aliphatic hydroxyl groups is 8. The maximum absolute atomic E-state index is 13.4. The molecule has 2 heterocycles. The molecule has 9 N–H and O–H groups in total. The number of amides is 1. The molecule has 606 valence electrons. The van der Waals surface area contributed by atoms with Gasteiger partial charge in [-0.25, -0.2) is 0 Å². The van der Waals surface area contributed by atoms with Crippen molar-refractivity contribution in [3.05, 3.63) is 122 Å². The number of rotatable bonds is 72. The molecule has 0 saturated carbocycles. The van der Waals surface area contributed by atoms with Crippen molar-refractivity contribution in [1.29, 1.82) is 0 Å². The maximum Gasteiger partial charge on any atom is 0.220 e. The molecular weight excluding hydrogens is 1310 g/mol. The van der Waals surface area contributed by atoms with Crippen LogP contribution in [0.2, 0.25) is 0 Å². The van der Waals surface area contributed by atoms with E-state index in [2.05, 4.69) is 129 Å². The van der Waals surface area contributed by atoms with Crippen LogP contribution in [0.15, 0.2) is 122 Å². The Morgan fingerprint density at radius 3 is 1.05 bits per heavy atom. The van der Waals surface area contributed by atoms with E-state index in [4.69, 9.17) is 18.9 Å². The normalized spacial score (nSPS) is 22.0. The van der Waals surface area contributed by atoms with E-state index in [1.165, 1.54) is 231 Å².